The summed E-state index contributed by atoms with van der Waals surface area (Å²) in [5.74, 6) is 2.26. The summed E-state index contributed by atoms with van der Waals surface area (Å²) in [6.07, 6.45) is 6.93. The van der Waals surface area contributed by atoms with Gasteiger partial charge >= 0.3 is 5.97 Å². The van der Waals surface area contributed by atoms with E-state index in [-0.39, 0.29) is 5.41 Å². The average Bonchev–Trinajstić information content (AvgIpc) is 2.64. The van der Waals surface area contributed by atoms with Crippen LogP contribution < -0.4 is 0 Å². The Morgan fingerprint density at radius 1 is 1.10 bits per heavy atom. The molecule has 3 fully saturated rings. The Morgan fingerprint density at radius 3 is 2.48 bits per heavy atom. The lowest BCUT2D eigenvalue weighted by Crippen LogP contribution is -2.51. The zero-order chi connectivity index (χ0) is 15.4. The highest BCUT2D eigenvalue weighted by atomic mass is 16.4. The molecule has 0 heterocycles. The van der Waals surface area contributed by atoms with E-state index in [1.165, 1.54) is 12.8 Å². The standard InChI is InChI=1S/C18H30O3/c1-11-12(10-16(19)20)4-5-14-13(11)6-8-17(2)15(14)7-9-18(17,3)21/h11-15,21H,4-10H2,1-3H3,(H,19,20)/t11-,12+,13-,14-,15+,17+,18+/m1/s1. The van der Waals surface area contributed by atoms with Crippen molar-refractivity contribution in [3.8, 4) is 0 Å². The monoisotopic (exact) mass is 294 g/mol. The molecule has 0 saturated heterocycles. The molecule has 120 valence electrons. The first-order chi connectivity index (χ1) is 9.76. The largest absolute Gasteiger partial charge is 0.481 e. The smallest absolute Gasteiger partial charge is 0.303 e. The van der Waals surface area contributed by atoms with Gasteiger partial charge in [0.15, 0.2) is 0 Å². The van der Waals surface area contributed by atoms with Gasteiger partial charge in [-0.1, -0.05) is 13.8 Å². The average molecular weight is 294 g/mol. The highest BCUT2D eigenvalue weighted by Gasteiger charge is 2.60. The second kappa shape index (κ2) is 4.97. The molecule has 0 aromatic rings. The number of carboxylic acid groups (broad SMARTS) is 1. The molecule has 0 spiro atoms. The summed E-state index contributed by atoms with van der Waals surface area (Å²) in [4.78, 5) is 11.1. The van der Waals surface area contributed by atoms with E-state index in [0.29, 0.717) is 36.0 Å². The third-order valence-corrected chi connectivity index (χ3v) is 7.78. The maximum atomic E-state index is 11.1. The first-order valence-corrected chi connectivity index (χ1v) is 8.70. The SMILES string of the molecule is C[C@@H]1[C@H](CC(=O)O)CC[C@@H]2[C@@H]1CC[C@@]1(C)[C@H]2CC[C@]1(C)O. The molecule has 0 aliphatic heterocycles. The first kappa shape index (κ1) is 15.3. The summed E-state index contributed by atoms with van der Waals surface area (Å²) in [7, 11) is 0. The van der Waals surface area contributed by atoms with Crippen LogP contribution in [0, 0.1) is 35.0 Å². The molecule has 3 saturated carbocycles. The van der Waals surface area contributed by atoms with Crippen LogP contribution in [-0.4, -0.2) is 21.8 Å². The number of rotatable bonds is 2. The molecule has 7 atom stereocenters. The predicted octanol–water partition coefficient (Wildman–Crippen LogP) is 3.70. The van der Waals surface area contributed by atoms with E-state index in [4.69, 9.17) is 5.11 Å². The fourth-order valence-electron chi connectivity index (χ4n) is 6.16. The Morgan fingerprint density at radius 2 is 1.81 bits per heavy atom. The first-order valence-electron chi connectivity index (χ1n) is 8.70. The highest BCUT2D eigenvalue weighted by Crippen LogP contribution is 2.64. The highest BCUT2D eigenvalue weighted by molar-refractivity contribution is 5.67. The summed E-state index contributed by atoms with van der Waals surface area (Å²) < 4.78 is 0. The second-order valence-corrected chi connectivity index (χ2v) is 8.50. The van der Waals surface area contributed by atoms with E-state index in [1.54, 1.807) is 0 Å². The number of fused-ring (bicyclic) bond motifs is 3. The van der Waals surface area contributed by atoms with E-state index in [2.05, 4.69) is 13.8 Å². The van der Waals surface area contributed by atoms with Crippen molar-refractivity contribution in [2.24, 2.45) is 35.0 Å². The van der Waals surface area contributed by atoms with Crippen LogP contribution in [0.25, 0.3) is 0 Å². The molecule has 3 aliphatic carbocycles. The minimum atomic E-state index is -0.644. The van der Waals surface area contributed by atoms with Gasteiger partial charge in [-0.3, -0.25) is 4.79 Å². The molecule has 0 unspecified atom stereocenters. The zero-order valence-electron chi connectivity index (χ0n) is 13.6. The Kier molecular flexibility index (Phi) is 3.63. The van der Waals surface area contributed by atoms with Crippen molar-refractivity contribution >= 4 is 5.97 Å². The lowest BCUT2D eigenvalue weighted by molar-refractivity contribution is -0.141. The lowest BCUT2D eigenvalue weighted by atomic mass is 9.51. The Labute approximate surface area is 128 Å². The predicted molar refractivity (Wildman–Crippen MR) is 81.8 cm³/mol. The molecular formula is C18H30O3. The van der Waals surface area contributed by atoms with Crippen LogP contribution in [-0.2, 0) is 4.79 Å². The molecule has 3 aliphatic rings. The summed E-state index contributed by atoms with van der Waals surface area (Å²) in [6.45, 7) is 6.61. The Balaban J connectivity index is 1.79. The van der Waals surface area contributed by atoms with E-state index in [1.807, 2.05) is 6.92 Å². The number of carboxylic acids is 1. The van der Waals surface area contributed by atoms with E-state index >= 15 is 0 Å². The van der Waals surface area contributed by atoms with Crippen molar-refractivity contribution in [2.45, 2.75) is 71.3 Å². The van der Waals surface area contributed by atoms with Gasteiger partial charge in [0.2, 0.25) is 0 Å². The van der Waals surface area contributed by atoms with Gasteiger partial charge in [0.25, 0.3) is 0 Å². The van der Waals surface area contributed by atoms with Crippen LogP contribution in [0.15, 0.2) is 0 Å². The van der Waals surface area contributed by atoms with Gasteiger partial charge in [-0.15, -0.1) is 0 Å². The Bertz CT molecular complexity index is 430. The Hall–Kier alpha value is -0.570. The minimum Gasteiger partial charge on any atom is -0.481 e. The fourth-order valence-corrected chi connectivity index (χ4v) is 6.16. The van der Waals surface area contributed by atoms with Gasteiger partial charge in [0.1, 0.15) is 0 Å². The van der Waals surface area contributed by atoms with Crippen molar-refractivity contribution in [1.82, 2.24) is 0 Å². The van der Waals surface area contributed by atoms with Gasteiger partial charge in [-0.25, -0.2) is 0 Å². The number of aliphatic hydroxyl groups is 1. The molecule has 0 bridgehead atoms. The van der Waals surface area contributed by atoms with Crippen LogP contribution in [0.1, 0.15) is 65.7 Å². The number of hydrogen-bond donors (Lipinski definition) is 2. The van der Waals surface area contributed by atoms with Crippen LogP contribution in [0.5, 0.6) is 0 Å². The molecule has 3 heteroatoms. The summed E-state index contributed by atoms with van der Waals surface area (Å²) in [5.41, 5.74) is -0.433. The molecule has 3 rings (SSSR count). The van der Waals surface area contributed by atoms with Crippen molar-refractivity contribution in [2.75, 3.05) is 0 Å². The van der Waals surface area contributed by atoms with Crippen LogP contribution in [0.2, 0.25) is 0 Å². The van der Waals surface area contributed by atoms with Crippen molar-refractivity contribution in [3.05, 3.63) is 0 Å². The molecule has 0 radical (unpaired) electrons. The molecular weight excluding hydrogens is 264 g/mol. The molecule has 0 aromatic carbocycles. The van der Waals surface area contributed by atoms with Crippen LogP contribution in [0.3, 0.4) is 0 Å². The normalized spacial score (nSPS) is 53.0. The van der Waals surface area contributed by atoms with E-state index in [9.17, 15) is 9.90 Å². The summed E-state index contributed by atoms with van der Waals surface area (Å²) in [5, 5.41) is 19.9. The quantitative estimate of drug-likeness (QED) is 0.816. The molecule has 0 amide bonds. The molecule has 0 aromatic heterocycles. The minimum absolute atomic E-state index is 0.0769. The van der Waals surface area contributed by atoms with Gasteiger partial charge in [-0.2, -0.15) is 0 Å². The van der Waals surface area contributed by atoms with Gasteiger partial charge < -0.3 is 10.2 Å². The molecule has 21 heavy (non-hydrogen) atoms. The molecule has 3 nitrogen and oxygen atoms in total. The lowest BCUT2D eigenvalue weighted by Gasteiger charge is -2.55. The maximum Gasteiger partial charge on any atom is 0.303 e. The summed E-state index contributed by atoms with van der Waals surface area (Å²) in [6, 6.07) is 0. The van der Waals surface area contributed by atoms with Crippen LogP contribution >= 0.6 is 0 Å². The third kappa shape index (κ3) is 2.23. The zero-order valence-corrected chi connectivity index (χ0v) is 13.6. The van der Waals surface area contributed by atoms with Crippen molar-refractivity contribution < 1.29 is 15.0 Å². The number of hydrogen-bond acceptors (Lipinski definition) is 2. The fraction of sp³-hybridized carbons (Fsp3) is 0.944. The van der Waals surface area contributed by atoms with Gasteiger partial charge in [0.05, 0.1) is 5.60 Å². The number of carbonyl (C=O) groups is 1. The van der Waals surface area contributed by atoms with Gasteiger partial charge in [0, 0.05) is 6.42 Å². The van der Waals surface area contributed by atoms with E-state index < -0.39 is 11.6 Å². The van der Waals surface area contributed by atoms with Crippen LogP contribution in [0.4, 0.5) is 0 Å². The summed E-state index contributed by atoms with van der Waals surface area (Å²) >= 11 is 0. The van der Waals surface area contributed by atoms with Gasteiger partial charge in [-0.05, 0) is 80.5 Å². The maximum absolute atomic E-state index is 11.1. The van der Waals surface area contributed by atoms with Crippen molar-refractivity contribution in [1.29, 1.82) is 0 Å². The molecule has 2 N–H and O–H groups in total. The topological polar surface area (TPSA) is 57.5 Å². The second-order valence-electron chi connectivity index (χ2n) is 8.50. The van der Waals surface area contributed by atoms with E-state index in [0.717, 1.165) is 25.7 Å². The van der Waals surface area contributed by atoms with Crippen molar-refractivity contribution in [3.63, 3.8) is 0 Å². The third-order valence-electron chi connectivity index (χ3n) is 7.78. The number of aliphatic carboxylic acids is 1.